The summed E-state index contributed by atoms with van der Waals surface area (Å²) in [6.45, 7) is 2.54. The molecule has 0 aliphatic heterocycles. The summed E-state index contributed by atoms with van der Waals surface area (Å²) >= 11 is 1.61. The Morgan fingerprint density at radius 3 is 3.00 bits per heavy atom. The molecule has 0 saturated carbocycles. The second kappa shape index (κ2) is 5.72. The molecule has 1 atom stereocenters. The van der Waals surface area contributed by atoms with Crippen LogP contribution in [0.25, 0.3) is 0 Å². The normalized spacial score (nSPS) is 12.2. The maximum atomic E-state index is 11.5. The van der Waals surface area contributed by atoms with Crippen LogP contribution in [0.1, 0.15) is 11.8 Å². The topological polar surface area (TPSA) is 52.6 Å². The minimum absolute atomic E-state index is 0.163. The summed E-state index contributed by atoms with van der Waals surface area (Å²) in [5, 5.41) is 13.9. The van der Waals surface area contributed by atoms with E-state index in [2.05, 4.69) is 5.32 Å². The molecular weight excluding hydrogens is 212 g/mol. The molecule has 1 heterocycles. The Morgan fingerprint density at radius 2 is 2.47 bits per heavy atom. The smallest absolute Gasteiger partial charge is 0.317 e. The molecular formula is C10H16N2O2S. The highest BCUT2D eigenvalue weighted by molar-refractivity contribution is 7.09. The molecule has 0 aliphatic carbocycles. The van der Waals surface area contributed by atoms with E-state index in [1.54, 1.807) is 25.3 Å². The standard InChI is InChI=1S/C10H16N2O2S/c1-8(13)7-12(2)10(14)11-6-9-4-3-5-15-9/h3-5,8,13H,6-7H2,1-2H3,(H,11,14). The summed E-state index contributed by atoms with van der Waals surface area (Å²) in [5.74, 6) is 0. The fourth-order valence-corrected chi connectivity index (χ4v) is 1.83. The Labute approximate surface area is 93.5 Å². The van der Waals surface area contributed by atoms with E-state index in [0.29, 0.717) is 13.1 Å². The lowest BCUT2D eigenvalue weighted by atomic mass is 10.4. The molecule has 1 rings (SSSR count). The molecule has 0 bridgehead atoms. The predicted octanol–water partition coefficient (Wildman–Crippen LogP) is 1.27. The van der Waals surface area contributed by atoms with Crippen molar-refractivity contribution in [2.24, 2.45) is 0 Å². The predicted molar refractivity (Wildman–Crippen MR) is 60.9 cm³/mol. The number of hydrogen-bond acceptors (Lipinski definition) is 3. The summed E-state index contributed by atoms with van der Waals surface area (Å²) in [6, 6.07) is 3.76. The highest BCUT2D eigenvalue weighted by Crippen LogP contribution is 2.07. The van der Waals surface area contributed by atoms with E-state index in [1.165, 1.54) is 4.90 Å². The van der Waals surface area contributed by atoms with Gasteiger partial charge in [0.05, 0.1) is 12.6 Å². The molecule has 0 aromatic carbocycles. The highest BCUT2D eigenvalue weighted by Gasteiger charge is 2.09. The van der Waals surface area contributed by atoms with Crippen LogP contribution in [-0.4, -0.2) is 35.7 Å². The zero-order valence-corrected chi connectivity index (χ0v) is 9.75. The Kier molecular flexibility index (Phi) is 4.58. The van der Waals surface area contributed by atoms with E-state index in [0.717, 1.165) is 4.88 Å². The van der Waals surface area contributed by atoms with Crippen molar-refractivity contribution in [2.45, 2.75) is 19.6 Å². The Balaban J connectivity index is 2.29. The fraction of sp³-hybridized carbons (Fsp3) is 0.500. The molecule has 4 nitrogen and oxygen atoms in total. The molecule has 2 N–H and O–H groups in total. The number of amides is 2. The van der Waals surface area contributed by atoms with Crippen molar-refractivity contribution in [2.75, 3.05) is 13.6 Å². The van der Waals surface area contributed by atoms with E-state index in [1.807, 2.05) is 17.5 Å². The van der Waals surface area contributed by atoms with Gasteiger partial charge >= 0.3 is 6.03 Å². The van der Waals surface area contributed by atoms with Crippen molar-refractivity contribution in [3.8, 4) is 0 Å². The molecule has 0 saturated heterocycles. The molecule has 0 radical (unpaired) electrons. The lowest BCUT2D eigenvalue weighted by molar-refractivity contribution is 0.144. The van der Waals surface area contributed by atoms with Gasteiger partial charge in [-0.3, -0.25) is 0 Å². The van der Waals surface area contributed by atoms with E-state index in [4.69, 9.17) is 5.11 Å². The first-order chi connectivity index (χ1) is 7.09. The van der Waals surface area contributed by atoms with Gasteiger partial charge in [-0.2, -0.15) is 0 Å². The number of likely N-dealkylation sites (N-methyl/N-ethyl adjacent to an activating group) is 1. The fourth-order valence-electron chi connectivity index (χ4n) is 1.19. The SMILES string of the molecule is CC(O)CN(C)C(=O)NCc1cccs1. The van der Waals surface area contributed by atoms with Crippen LogP contribution in [0.4, 0.5) is 4.79 Å². The second-order valence-corrected chi connectivity index (χ2v) is 4.50. The molecule has 0 aliphatic rings. The van der Waals surface area contributed by atoms with Gasteiger partial charge in [0.15, 0.2) is 0 Å². The van der Waals surface area contributed by atoms with Crippen molar-refractivity contribution >= 4 is 17.4 Å². The highest BCUT2D eigenvalue weighted by atomic mass is 32.1. The number of carbonyl (C=O) groups excluding carboxylic acids is 1. The average Bonchev–Trinajstić information content (AvgIpc) is 2.65. The first-order valence-corrected chi connectivity index (χ1v) is 5.67. The maximum absolute atomic E-state index is 11.5. The molecule has 15 heavy (non-hydrogen) atoms. The van der Waals surface area contributed by atoms with Crippen molar-refractivity contribution in [1.82, 2.24) is 10.2 Å². The lowest BCUT2D eigenvalue weighted by Crippen LogP contribution is -2.40. The van der Waals surface area contributed by atoms with Crippen molar-refractivity contribution in [1.29, 1.82) is 0 Å². The Hall–Kier alpha value is -1.07. The summed E-state index contributed by atoms with van der Waals surface area (Å²) in [5.41, 5.74) is 0. The molecule has 5 heteroatoms. The third-order valence-electron chi connectivity index (χ3n) is 1.88. The van der Waals surface area contributed by atoms with Gasteiger partial charge in [-0.05, 0) is 18.4 Å². The van der Waals surface area contributed by atoms with E-state index in [-0.39, 0.29) is 6.03 Å². The van der Waals surface area contributed by atoms with Crippen LogP contribution >= 0.6 is 11.3 Å². The molecule has 1 aromatic heterocycles. The molecule has 1 aromatic rings. The third-order valence-corrected chi connectivity index (χ3v) is 2.76. The molecule has 84 valence electrons. The van der Waals surface area contributed by atoms with Gasteiger partial charge in [-0.15, -0.1) is 11.3 Å². The summed E-state index contributed by atoms with van der Waals surface area (Å²) in [4.78, 5) is 14.1. The number of rotatable bonds is 4. The third kappa shape index (κ3) is 4.31. The van der Waals surface area contributed by atoms with Gasteiger partial charge in [0.1, 0.15) is 0 Å². The van der Waals surface area contributed by atoms with Crippen molar-refractivity contribution in [3.63, 3.8) is 0 Å². The number of hydrogen-bond donors (Lipinski definition) is 2. The molecule has 0 fully saturated rings. The van der Waals surface area contributed by atoms with Crippen LogP contribution in [0, 0.1) is 0 Å². The van der Waals surface area contributed by atoms with E-state index in [9.17, 15) is 4.79 Å². The van der Waals surface area contributed by atoms with E-state index < -0.39 is 6.10 Å². The lowest BCUT2D eigenvalue weighted by Gasteiger charge is -2.18. The van der Waals surface area contributed by atoms with Gasteiger partial charge in [-0.1, -0.05) is 6.07 Å². The van der Waals surface area contributed by atoms with Crippen LogP contribution < -0.4 is 5.32 Å². The first-order valence-electron chi connectivity index (χ1n) is 4.79. The average molecular weight is 228 g/mol. The number of thiophene rings is 1. The van der Waals surface area contributed by atoms with Crippen molar-refractivity contribution < 1.29 is 9.90 Å². The summed E-state index contributed by atoms with van der Waals surface area (Å²) in [6.07, 6.45) is -0.498. The maximum Gasteiger partial charge on any atom is 0.317 e. The number of urea groups is 1. The minimum Gasteiger partial charge on any atom is -0.392 e. The largest absolute Gasteiger partial charge is 0.392 e. The van der Waals surface area contributed by atoms with Crippen LogP contribution in [0.3, 0.4) is 0 Å². The minimum atomic E-state index is -0.498. The van der Waals surface area contributed by atoms with Gasteiger partial charge in [-0.25, -0.2) is 4.79 Å². The van der Waals surface area contributed by atoms with Crippen LogP contribution in [0.15, 0.2) is 17.5 Å². The molecule has 0 spiro atoms. The number of nitrogens with zero attached hydrogens (tertiary/aromatic N) is 1. The monoisotopic (exact) mass is 228 g/mol. The van der Waals surface area contributed by atoms with Gasteiger partial charge in [0.2, 0.25) is 0 Å². The number of aliphatic hydroxyl groups is 1. The van der Waals surface area contributed by atoms with Crippen molar-refractivity contribution in [3.05, 3.63) is 22.4 Å². The van der Waals surface area contributed by atoms with Gasteiger partial charge < -0.3 is 15.3 Å². The second-order valence-electron chi connectivity index (χ2n) is 3.47. The zero-order valence-electron chi connectivity index (χ0n) is 8.93. The van der Waals surface area contributed by atoms with Gasteiger partial charge in [0.25, 0.3) is 0 Å². The van der Waals surface area contributed by atoms with Gasteiger partial charge in [0, 0.05) is 18.5 Å². The number of nitrogens with one attached hydrogen (secondary N) is 1. The Morgan fingerprint density at radius 1 is 1.73 bits per heavy atom. The Bertz CT molecular complexity index is 298. The number of carbonyl (C=O) groups is 1. The quantitative estimate of drug-likeness (QED) is 0.815. The van der Waals surface area contributed by atoms with Crippen LogP contribution in [-0.2, 0) is 6.54 Å². The summed E-state index contributed by atoms with van der Waals surface area (Å²) in [7, 11) is 1.66. The van der Waals surface area contributed by atoms with Crippen LogP contribution in [0.2, 0.25) is 0 Å². The summed E-state index contributed by atoms with van der Waals surface area (Å²) < 4.78 is 0. The van der Waals surface area contributed by atoms with E-state index >= 15 is 0 Å². The molecule has 2 amide bonds. The first kappa shape index (κ1) is 12.0. The molecule has 1 unspecified atom stereocenters. The number of aliphatic hydroxyl groups excluding tert-OH is 1. The zero-order chi connectivity index (χ0) is 11.3. The van der Waals surface area contributed by atoms with Crippen LogP contribution in [0.5, 0.6) is 0 Å².